The van der Waals surface area contributed by atoms with Crippen LogP contribution < -0.4 is 5.32 Å². The Morgan fingerprint density at radius 2 is 1.87 bits per heavy atom. The monoisotopic (exact) mass is 404 g/mol. The van der Waals surface area contributed by atoms with Crippen molar-refractivity contribution in [1.29, 1.82) is 0 Å². The second kappa shape index (κ2) is 7.16. The summed E-state index contributed by atoms with van der Waals surface area (Å²) >= 11 is 0. The standard InChI is InChI=1S/C21H24N8O/c1-12-4-5-17(29-24-6-7-25-29)20(26-12)21(30)28-14(3)15-8-16(18(28)9-15)27-19-11-22-13(2)10-23-19/h4-7,10-11,14-16,18H,8-9H2,1-3H3,(H,23,27). The van der Waals surface area contributed by atoms with Gasteiger partial charge in [0.25, 0.3) is 5.91 Å². The number of nitrogens with one attached hydrogen (secondary N) is 1. The third-order valence-electron chi connectivity index (χ3n) is 6.24. The molecule has 1 N–H and O–H groups in total. The Kier molecular flexibility index (Phi) is 4.45. The number of likely N-dealkylation sites (tertiary alicyclic amines) is 1. The molecule has 2 bridgehead atoms. The van der Waals surface area contributed by atoms with E-state index in [4.69, 9.17) is 0 Å². The van der Waals surface area contributed by atoms with Crippen LogP contribution in [0.25, 0.3) is 5.69 Å². The van der Waals surface area contributed by atoms with Crippen LogP contribution in [0, 0.1) is 19.8 Å². The van der Waals surface area contributed by atoms with E-state index in [0.29, 0.717) is 17.3 Å². The molecule has 0 radical (unpaired) electrons. The summed E-state index contributed by atoms with van der Waals surface area (Å²) in [7, 11) is 0. The molecule has 2 aliphatic rings. The van der Waals surface area contributed by atoms with Gasteiger partial charge in [-0.15, -0.1) is 4.80 Å². The van der Waals surface area contributed by atoms with Gasteiger partial charge in [-0.25, -0.2) is 9.97 Å². The summed E-state index contributed by atoms with van der Waals surface area (Å²) in [5, 5.41) is 11.9. The van der Waals surface area contributed by atoms with Gasteiger partial charge in [-0.3, -0.25) is 9.78 Å². The van der Waals surface area contributed by atoms with Crippen LogP contribution in [0.1, 0.15) is 41.6 Å². The fraction of sp³-hybridized carbons (Fsp3) is 0.429. The van der Waals surface area contributed by atoms with Gasteiger partial charge in [-0.05, 0) is 51.7 Å². The topological polar surface area (TPSA) is 102 Å². The van der Waals surface area contributed by atoms with Crippen LogP contribution in [-0.4, -0.2) is 58.9 Å². The maximum absolute atomic E-state index is 13.7. The highest BCUT2D eigenvalue weighted by Crippen LogP contribution is 2.44. The number of aryl methyl sites for hydroxylation is 2. The molecule has 4 heterocycles. The number of piperidine rings is 1. The predicted octanol–water partition coefficient (Wildman–Crippen LogP) is 2.17. The van der Waals surface area contributed by atoms with Gasteiger partial charge in [0.15, 0.2) is 5.69 Å². The molecule has 1 aliphatic heterocycles. The Morgan fingerprint density at radius 3 is 2.57 bits per heavy atom. The molecule has 4 unspecified atom stereocenters. The fourth-order valence-electron chi connectivity index (χ4n) is 4.76. The molecule has 3 aromatic rings. The zero-order valence-electron chi connectivity index (χ0n) is 17.2. The minimum absolute atomic E-state index is 0.0764. The number of amides is 1. The van der Waals surface area contributed by atoms with E-state index in [0.717, 1.165) is 30.0 Å². The third-order valence-corrected chi connectivity index (χ3v) is 6.24. The van der Waals surface area contributed by atoms with Crippen molar-refractivity contribution < 1.29 is 4.79 Å². The number of hydrogen-bond donors (Lipinski definition) is 1. The molecular weight excluding hydrogens is 380 g/mol. The lowest BCUT2D eigenvalue weighted by Crippen LogP contribution is -2.52. The minimum Gasteiger partial charge on any atom is -0.364 e. The highest BCUT2D eigenvalue weighted by Gasteiger charge is 2.52. The molecule has 5 rings (SSSR count). The summed E-state index contributed by atoms with van der Waals surface area (Å²) < 4.78 is 0. The maximum Gasteiger partial charge on any atom is 0.275 e. The van der Waals surface area contributed by atoms with E-state index in [9.17, 15) is 4.79 Å². The van der Waals surface area contributed by atoms with E-state index in [1.807, 2.05) is 30.9 Å². The average molecular weight is 404 g/mol. The largest absolute Gasteiger partial charge is 0.364 e. The molecule has 0 aromatic carbocycles. The van der Waals surface area contributed by atoms with E-state index in [-0.39, 0.29) is 24.0 Å². The Labute approximate surface area is 174 Å². The molecule has 3 aromatic heterocycles. The zero-order chi connectivity index (χ0) is 20.8. The smallest absolute Gasteiger partial charge is 0.275 e. The summed E-state index contributed by atoms with van der Waals surface area (Å²) in [6, 6.07) is 4.11. The van der Waals surface area contributed by atoms with Crippen LogP contribution in [0.4, 0.5) is 5.82 Å². The van der Waals surface area contributed by atoms with Crippen molar-refractivity contribution in [1.82, 2.24) is 34.8 Å². The Bertz CT molecular complexity index is 1070. The lowest BCUT2D eigenvalue weighted by atomic mass is 9.97. The predicted molar refractivity (Wildman–Crippen MR) is 110 cm³/mol. The molecular formula is C21H24N8O. The van der Waals surface area contributed by atoms with Gasteiger partial charge < -0.3 is 10.2 Å². The van der Waals surface area contributed by atoms with Gasteiger partial charge >= 0.3 is 0 Å². The quantitative estimate of drug-likeness (QED) is 0.711. The van der Waals surface area contributed by atoms with Gasteiger partial charge in [0.2, 0.25) is 0 Å². The number of fused-ring (bicyclic) bond motifs is 2. The second-order valence-electron chi connectivity index (χ2n) is 8.18. The van der Waals surface area contributed by atoms with Crippen LogP contribution in [-0.2, 0) is 0 Å². The first kappa shape index (κ1) is 18.7. The molecule has 30 heavy (non-hydrogen) atoms. The van der Waals surface area contributed by atoms with E-state index in [1.54, 1.807) is 24.8 Å². The van der Waals surface area contributed by atoms with E-state index < -0.39 is 0 Å². The van der Waals surface area contributed by atoms with Crippen LogP contribution in [0.5, 0.6) is 0 Å². The van der Waals surface area contributed by atoms with Crippen molar-refractivity contribution >= 4 is 11.7 Å². The van der Waals surface area contributed by atoms with Crippen molar-refractivity contribution in [2.24, 2.45) is 5.92 Å². The number of carbonyl (C=O) groups excluding carboxylic acids is 1. The molecule has 4 atom stereocenters. The third kappa shape index (κ3) is 3.10. The molecule has 0 spiro atoms. The van der Waals surface area contributed by atoms with Crippen LogP contribution >= 0.6 is 0 Å². The van der Waals surface area contributed by atoms with Crippen molar-refractivity contribution in [2.45, 2.75) is 51.7 Å². The second-order valence-corrected chi connectivity index (χ2v) is 8.18. The first-order valence-electron chi connectivity index (χ1n) is 10.2. The van der Waals surface area contributed by atoms with Gasteiger partial charge in [0.1, 0.15) is 11.5 Å². The number of pyridine rings is 1. The van der Waals surface area contributed by atoms with Gasteiger partial charge in [-0.2, -0.15) is 10.2 Å². The minimum atomic E-state index is -0.0764. The summed E-state index contributed by atoms with van der Waals surface area (Å²) in [6.45, 7) is 5.93. The van der Waals surface area contributed by atoms with E-state index in [1.165, 1.54) is 4.80 Å². The first-order valence-corrected chi connectivity index (χ1v) is 10.2. The van der Waals surface area contributed by atoms with Gasteiger partial charge in [-0.1, -0.05) is 0 Å². The van der Waals surface area contributed by atoms with Gasteiger partial charge in [0.05, 0.1) is 36.5 Å². The molecule has 1 amide bonds. The fourth-order valence-corrected chi connectivity index (χ4v) is 4.76. The summed E-state index contributed by atoms with van der Waals surface area (Å²) in [5.41, 5.74) is 2.65. The van der Waals surface area contributed by atoms with E-state index in [2.05, 4.69) is 37.4 Å². The Hall–Kier alpha value is -3.36. The Morgan fingerprint density at radius 1 is 1.07 bits per heavy atom. The number of carbonyl (C=O) groups is 1. The molecule has 1 saturated heterocycles. The number of rotatable bonds is 4. The maximum atomic E-state index is 13.7. The highest BCUT2D eigenvalue weighted by atomic mass is 16.2. The SMILES string of the molecule is Cc1cnc(NC2CC3CC2N(C(=O)c2nc(C)ccc2-n2nccn2)C3C)cn1. The molecule has 2 fully saturated rings. The number of anilines is 1. The normalized spacial score (nSPS) is 25.0. The van der Waals surface area contributed by atoms with Gasteiger partial charge in [0, 0.05) is 17.8 Å². The first-order chi connectivity index (χ1) is 14.5. The highest BCUT2D eigenvalue weighted by molar-refractivity contribution is 5.96. The molecule has 1 aliphatic carbocycles. The molecule has 9 heteroatoms. The van der Waals surface area contributed by atoms with Crippen molar-refractivity contribution in [3.8, 4) is 5.69 Å². The summed E-state index contributed by atoms with van der Waals surface area (Å²) in [4.78, 5) is 30.5. The average Bonchev–Trinajstić information content (AvgIpc) is 3.46. The van der Waals surface area contributed by atoms with Crippen LogP contribution in [0.2, 0.25) is 0 Å². The van der Waals surface area contributed by atoms with Crippen LogP contribution in [0.3, 0.4) is 0 Å². The van der Waals surface area contributed by atoms with E-state index >= 15 is 0 Å². The van der Waals surface area contributed by atoms with Crippen molar-refractivity contribution in [3.05, 3.63) is 54.0 Å². The van der Waals surface area contributed by atoms with Crippen molar-refractivity contribution in [3.63, 3.8) is 0 Å². The molecule has 1 saturated carbocycles. The molecule has 9 nitrogen and oxygen atoms in total. The number of hydrogen-bond acceptors (Lipinski definition) is 7. The number of nitrogens with zero attached hydrogens (tertiary/aromatic N) is 7. The summed E-state index contributed by atoms with van der Waals surface area (Å²) in [5.74, 6) is 1.12. The number of aromatic nitrogens is 6. The zero-order valence-corrected chi connectivity index (χ0v) is 17.2. The van der Waals surface area contributed by atoms with Crippen molar-refractivity contribution in [2.75, 3.05) is 5.32 Å². The van der Waals surface area contributed by atoms with Crippen LogP contribution in [0.15, 0.2) is 36.9 Å². The lowest BCUT2D eigenvalue weighted by molar-refractivity contribution is 0.0591. The molecule has 154 valence electrons. The Balaban J connectivity index is 1.45. The lowest BCUT2D eigenvalue weighted by Gasteiger charge is -2.38. The summed E-state index contributed by atoms with van der Waals surface area (Å²) in [6.07, 6.45) is 8.68.